The summed E-state index contributed by atoms with van der Waals surface area (Å²) >= 11 is 0. The third-order valence-electron chi connectivity index (χ3n) is 2.68. The Morgan fingerprint density at radius 1 is 1.31 bits per heavy atom. The highest BCUT2D eigenvalue weighted by Gasteiger charge is 2.17. The summed E-state index contributed by atoms with van der Waals surface area (Å²) in [5.41, 5.74) is 2.73. The van der Waals surface area contributed by atoms with Gasteiger partial charge in [0, 0.05) is 0 Å². The van der Waals surface area contributed by atoms with Crippen molar-refractivity contribution in [3.8, 4) is 0 Å². The SMILES string of the molecule is CC(C)=CCC/C(C)=C/[C@@H]1OCC[C@@H](C)O1. The second-order valence-corrected chi connectivity index (χ2v) is 4.81. The van der Waals surface area contributed by atoms with Crippen LogP contribution in [-0.4, -0.2) is 19.0 Å². The lowest BCUT2D eigenvalue weighted by Gasteiger charge is -2.26. The molecule has 2 atom stereocenters. The molecule has 0 bridgehead atoms. The van der Waals surface area contributed by atoms with Gasteiger partial charge in [-0.15, -0.1) is 0 Å². The average molecular weight is 224 g/mol. The molecule has 1 rings (SSSR count). The molecule has 0 aromatic heterocycles. The van der Waals surface area contributed by atoms with Crippen LogP contribution >= 0.6 is 0 Å². The first-order valence-electron chi connectivity index (χ1n) is 6.15. The molecule has 1 saturated heterocycles. The maximum Gasteiger partial charge on any atom is 0.177 e. The number of hydrogen-bond acceptors (Lipinski definition) is 2. The molecule has 0 unspecified atom stereocenters. The lowest BCUT2D eigenvalue weighted by Crippen LogP contribution is -2.29. The van der Waals surface area contributed by atoms with Crippen molar-refractivity contribution in [3.05, 3.63) is 23.3 Å². The molecular formula is C14H24O2. The average Bonchev–Trinajstić information content (AvgIpc) is 2.16. The van der Waals surface area contributed by atoms with Gasteiger partial charge in [-0.2, -0.15) is 0 Å². The molecule has 2 heteroatoms. The maximum atomic E-state index is 5.67. The van der Waals surface area contributed by atoms with E-state index < -0.39 is 0 Å². The van der Waals surface area contributed by atoms with Gasteiger partial charge < -0.3 is 9.47 Å². The zero-order valence-electron chi connectivity index (χ0n) is 11.0. The van der Waals surface area contributed by atoms with Crippen molar-refractivity contribution < 1.29 is 9.47 Å². The topological polar surface area (TPSA) is 18.5 Å². The second-order valence-electron chi connectivity index (χ2n) is 4.81. The first-order valence-corrected chi connectivity index (χ1v) is 6.15. The highest BCUT2D eigenvalue weighted by atomic mass is 16.7. The van der Waals surface area contributed by atoms with Crippen LogP contribution in [0, 0.1) is 0 Å². The minimum Gasteiger partial charge on any atom is -0.349 e. The van der Waals surface area contributed by atoms with E-state index in [2.05, 4.69) is 39.8 Å². The summed E-state index contributed by atoms with van der Waals surface area (Å²) in [4.78, 5) is 0. The molecule has 16 heavy (non-hydrogen) atoms. The van der Waals surface area contributed by atoms with Gasteiger partial charge in [-0.25, -0.2) is 0 Å². The Hall–Kier alpha value is -0.600. The zero-order chi connectivity index (χ0) is 12.0. The summed E-state index contributed by atoms with van der Waals surface area (Å²) in [6.07, 6.45) is 7.75. The largest absolute Gasteiger partial charge is 0.349 e. The first-order chi connectivity index (χ1) is 7.58. The first kappa shape index (κ1) is 13.5. The summed E-state index contributed by atoms with van der Waals surface area (Å²) < 4.78 is 11.2. The predicted molar refractivity (Wildman–Crippen MR) is 67.3 cm³/mol. The molecular weight excluding hydrogens is 200 g/mol. The molecule has 1 fully saturated rings. The van der Waals surface area contributed by atoms with Crippen molar-refractivity contribution in [2.45, 2.75) is 59.4 Å². The van der Waals surface area contributed by atoms with Gasteiger partial charge in [-0.3, -0.25) is 0 Å². The summed E-state index contributed by atoms with van der Waals surface area (Å²) in [6.45, 7) is 9.32. The van der Waals surface area contributed by atoms with Crippen molar-refractivity contribution in [2.24, 2.45) is 0 Å². The maximum absolute atomic E-state index is 5.67. The standard InChI is InChI=1S/C14H24O2/c1-11(2)6-5-7-12(3)10-14-15-9-8-13(4)16-14/h6,10,13-14H,5,7-9H2,1-4H3/b12-10+/t13-,14-/m1/s1. The monoisotopic (exact) mass is 224 g/mol. The fourth-order valence-corrected chi connectivity index (χ4v) is 1.68. The minimum absolute atomic E-state index is 0.129. The highest BCUT2D eigenvalue weighted by molar-refractivity contribution is 5.03. The summed E-state index contributed by atoms with van der Waals surface area (Å²) in [5.74, 6) is 0. The Bertz CT molecular complexity index is 262. The lowest BCUT2D eigenvalue weighted by molar-refractivity contribution is -0.181. The number of hydrogen-bond donors (Lipinski definition) is 0. The smallest absolute Gasteiger partial charge is 0.177 e. The van der Waals surface area contributed by atoms with Gasteiger partial charge in [0.2, 0.25) is 0 Å². The Morgan fingerprint density at radius 3 is 2.69 bits per heavy atom. The summed E-state index contributed by atoms with van der Waals surface area (Å²) in [5, 5.41) is 0. The van der Waals surface area contributed by atoms with E-state index in [4.69, 9.17) is 9.47 Å². The van der Waals surface area contributed by atoms with Crippen molar-refractivity contribution >= 4 is 0 Å². The number of ether oxygens (including phenoxy) is 2. The van der Waals surface area contributed by atoms with E-state index in [0.29, 0.717) is 6.10 Å². The van der Waals surface area contributed by atoms with Gasteiger partial charge in [0.1, 0.15) is 0 Å². The Balaban J connectivity index is 2.34. The zero-order valence-corrected chi connectivity index (χ0v) is 11.0. The van der Waals surface area contributed by atoms with E-state index in [1.165, 1.54) is 11.1 Å². The molecule has 0 spiro atoms. The molecule has 1 aliphatic rings. The van der Waals surface area contributed by atoms with Crippen LogP contribution in [0.25, 0.3) is 0 Å². The van der Waals surface area contributed by atoms with Crippen LogP contribution in [0.1, 0.15) is 47.0 Å². The van der Waals surface area contributed by atoms with Crippen molar-refractivity contribution in [1.29, 1.82) is 0 Å². The van der Waals surface area contributed by atoms with Gasteiger partial charge in [0.15, 0.2) is 6.29 Å². The molecule has 2 nitrogen and oxygen atoms in total. The molecule has 0 amide bonds. The predicted octanol–water partition coefficient (Wildman–Crippen LogP) is 3.83. The summed E-state index contributed by atoms with van der Waals surface area (Å²) in [7, 11) is 0. The van der Waals surface area contributed by atoms with Crippen LogP contribution in [0.2, 0.25) is 0 Å². The van der Waals surface area contributed by atoms with Gasteiger partial charge in [-0.1, -0.05) is 17.2 Å². The Kier molecular flexibility index (Phi) is 5.78. The van der Waals surface area contributed by atoms with Crippen LogP contribution in [0.4, 0.5) is 0 Å². The van der Waals surface area contributed by atoms with Gasteiger partial charge in [0.25, 0.3) is 0 Å². The van der Waals surface area contributed by atoms with E-state index >= 15 is 0 Å². The van der Waals surface area contributed by atoms with Crippen LogP contribution in [0.3, 0.4) is 0 Å². The molecule has 1 heterocycles. The van der Waals surface area contributed by atoms with Crippen LogP contribution < -0.4 is 0 Å². The number of rotatable bonds is 4. The van der Waals surface area contributed by atoms with E-state index in [-0.39, 0.29) is 6.29 Å². The third kappa shape index (κ3) is 5.47. The second kappa shape index (κ2) is 6.87. The van der Waals surface area contributed by atoms with Crippen molar-refractivity contribution in [3.63, 3.8) is 0 Å². The fraction of sp³-hybridized carbons (Fsp3) is 0.714. The van der Waals surface area contributed by atoms with Crippen molar-refractivity contribution in [1.82, 2.24) is 0 Å². The quantitative estimate of drug-likeness (QED) is 0.676. The minimum atomic E-state index is -0.129. The Morgan fingerprint density at radius 2 is 2.06 bits per heavy atom. The molecule has 0 aromatic carbocycles. The van der Waals surface area contributed by atoms with Crippen LogP contribution in [-0.2, 0) is 9.47 Å². The molecule has 0 aromatic rings. The molecule has 0 N–H and O–H groups in total. The van der Waals surface area contributed by atoms with E-state index in [1.807, 2.05) is 0 Å². The molecule has 0 aliphatic carbocycles. The Labute approximate surface area is 99.3 Å². The van der Waals surface area contributed by atoms with Gasteiger partial charge >= 0.3 is 0 Å². The number of allylic oxidation sites excluding steroid dienone is 3. The van der Waals surface area contributed by atoms with E-state index in [1.54, 1.807) is 0 Å². The van der Waals surface area contributed by atoms with Crippen molar-refractivity contribution in [2.75, 3.05) is 6.61 Å². The fourth-order valence-electron chi connectivity index (χ4n) is 1.68. The molecule has 0 saturated carbocycles. The van der Waals surface area contributed by atoms with E-state index in [9.17, 15) is 0 Å². The third-order valence-corrected chi connectivity index (χ3v) is 2.68. The van der Waals surface area contributed by atoms with Crippen LogP contribution in [0.15, 0.2) is 23.3 Å². The van der Waals surface area contributed by atoms with Gasteiger partial charge in [0.05, 0.1) is 12.7 Å². The van der Waals surface area contributed by atoms with Crippen LogP contribution in [0.5, 0.6) is 0 Å². The van der Waals surface area contributed by atoms with Gasteiger partial charge in [-0.05, 0) is 53.0 Å². The highest BCUT2D eigenvalue weighted by Crippen LogP contribution is 2.16. The van der Waals surface area contributed by atoms with E-state index in [0.717, 1.165) is 25.9 Å². The lowest BCUT2D eigenvalue weighted by atomic mass is 10.1. The molecule has 1 aliphatic heterocycles. The molecule has 0 radical (unpaired) electrons. The summed E-state index contributed by atoms with van der Waals surface area (Å²) in [6, 6.07) is 0. The molecule has 92 valence electrons. The normalized spacial score (nSPS) is 26.6.